The number of alkyl halides is 1. The maximum Gasteiger partial charge on any atom is 0.143 e. The Labute approximate surface area is 185 Å². The molecule has 2 unspecified atom stereocenters. The SMILES string of the molecule is ClC1CN(C(c2cc3ncncc3s2)N2CCC(Nc3ccccn3)CC2)CCO1. The van der Waals surface area contributed by atoms with Crippen molar-refractivity contribution in [2.75, 3.05) is 38.1 Å². The molecule has 9 heteroatoms. The third-order valence-electron chi connectivity index (χ3n) is 5.76. The number of aromatic nitrogens is 3. The number of ether oxygens (including phenoxy) is 1. The van der Waals surface area contributed by atoms with Crippen molar-refractivity contribution in [3.05, 3.63) is 47.9 Å². The summed E-state index contributed by atoms with van der Waals surface area (Å²) in [6, 6.07) is 8.65. The molecule has 0 aromatic carbocycles. The number of hydrogen-bond donors (Lipinski definition) is 1. The van der Waals surface area contributed by atoms with E-state index < -0.39 is 0 Å². The van der Waals surface area contributed by atoms with Crippen LogP contribution in [0.5, 0.6) is 0 Å². The highest BCUT2D eigenvalue weighted by Gasteiger charge is 2.34. The van der Waals surface area contributed by atoms with Gasteiger partial charge in [-0.25, -0.2) is 15.0 Å². The summed E-state index contributed by atoms with van der Waals surface area (Å²) in [5.74, 6) is 0.953. The molecule has 2 aliphatic rings. The molecule has 158 valence electrons. The van der Waals surface area contributed by atoms with Crippen LogP contribution >= 0.6 is 22.9 Å². The number of morpholine rings is 1. The Morgan fingerprint density at radius 1 is 1.17 bits per heavy atom. The second-order valence-corrected chi connectivity index (χ2v) is 9.34. The number of halogens is 1. The van der Waals surface area contributed by atoms with E-state index in [0.29, 0.717) is 12.6 Å². The number of thiophene rings is 1. The van der Waals surface area contributed by atoms with Crippen LogP contribution in [-0.4, -0.2) is 69.1 Å². The molecule has 0 bridgehead atoms. The maximum absolute atomic E-state index is 6.36. The van der Waals surface area contributed by atoms with E-state index in [4.69, 9.17) is 16.3 Å². The first-order valence-electron chi connectivity index (χ1n) is 10.4. The first-order valence-corrected chi connectivity index (χ1v) is 11.6. The maximum atomic E-state index is 6.36. The van der Waals surface area contributed by atoms with Crippen molar-refractivity contribution in [1.82, 2.24) is 24.8 Å². The Morgan fingerprint density at radius 2 is 2.07 bits per heavy atom. The highest BCUT2D eigenvalue weighted by Crippen LogP contribution is 2.36. The summed E-state index contributed by atoms with van der Waals surface area (Å²) in [7, 11) is 0. The van der Waals surface area contributed by atoms with Crippen LogP contribution < -0.4 is 5.32 Å². The zero-order valence-electron chi connectivity index (χ0n) is 16.7. The minimum Gasteiger partial charge on any atom is -0.367 e. The summed E-state index contributed by atoms with van der Waals surface area (Å²) in [6.45, 7) is 4.28. The van der Waals surface area contributed by atoms with Gasteiger partial charge in [-0.1, -0.05) is 17.7 Å². The molecule has 3 aromatic heterocycles. The predicted octanol–water partition coefficient (Wildman–Crippen LogP) is 3.56. The molecule has 30 heavy (non-hydrogen) atoms. The summed E-state index contributed by atoms with van der Waals surface area (Å²) in [4.78, 5) is 19.4. The van der Waals surface area contributed by atoms with Crippen LogP contribution in [-0.2, 0) is 4.74 Å². The number of nitrogens with one attached hydrogen (secondary N) is 1. The zero-order chi connectivity index (χ0) is 20.3. The molecule has 5 heterocycles. The number of fused-ring (bicyclic) bond motifs is 1. The number of likely N-dealkylation sites (tertiary alicyclic amines) is 1. The van der Waals surface area contributed by atoms with Gasteiger partial charge >= 0.3 is 0 Å². The van der Waals surface area contributed by atoms with Crippen LogP contribution in [0.3, 0.4) is 0 Å². The lowest BCUT2D eigenvalue weighted by Gasteiger charge is -2.44. The number of rotatable bonds is 5. The summed E-state index contributed by atoms with van der Waals surface area (Å²) >= 11 is 8.14. The van der Waals surface area contributed by atoms with Crippen LogP contribution in [0.4, 0.5) is 5.82 Å². The van der Waals surface area contributed by atoms with Crippen molar-refractivity contribution in [3.63, 3.8) is 0 Å². The van der Waals surface area contributed by atoms with E-state index in [1.807, 2.05) is 30.6 Å². The lowest BCUT2D eigenvalue weighted by atomic mass is 10.0. The summed E-state index contributed by atoms with van der Waals surface area (Å²) in [6.07, 6.45) is 7.69. The number of nitrogens with zero attached hydrogens (tertiary/aromatic N) is 5. The number of piperidine rings is 1. The minimum absolute atomic E-state index is 0.185. The van der Waals surface area contributed by atoms with Gasteiger partial charge in [-0.15, -0.1) is 11.3 Å². The molecule has 2 saturated heterocycles. The van der Waals surface area contributed by atoms with Gasteiger partial charge in [0.05, 0.1) is 23.0 Å². The normalized spacial score (nSPS) is 22.9. The summed E-state index contributed by atoms with van der Waals surface area (Å²) in [5.41, 5.74) is 0.746. The predicted molar refractivity (Wildman–Crippen MR) is 120 cm³/mol. The van der Waals surface area contributed by atoms with Gasteiger partial charge in [0, 0.05) is 49.5 Å². The molecule has 2 fully saturated rings. The molecule has 2 atom stereocenters. The van der Waals surface area contributed by atoms with E-state index in [1.165, 1.54) is 4.88 Å². The molecular weight excluding hydrogens is 420 g/mol. The molecule has 1 N–H and O–H groups in total. The van der Waals surface area contributed by atoms with Crippen LogP contribution in [0.25, 0.3) is 10.2 Å². The van der Waals surface area contributed by atoms with Crippen molar-refractivity contribution in [3.8, 4) is 0 Å². The number of anilines is 1. The van der Waals surface area contributed by atoms with Crippen LogP contribution in [0, 0.1) is 0 Å². The Morgan fingerprint density at radius 3 is 2.83 bits per heavy atom. The fraction of sp³-hybridized carbons (Fsp3) is 0.476. The second kappa shape index (κ2) is 9.11. The van der Waals surface area contributed by atoms with Gasteiger partial charge in [0.15, 0.2) is 0 Å². The van der Waals surface area contributed by atoms with Crippen molar-refractivity contribution in [1.29, 1.82) is 0 Å². The van der Waals surface area contributed by atoms with Gasteiger partial charge in [-0.3, -0.25) is 9.80 Å². The Hall–Kier alpha value is -1.84. The van der Waals surface area contributed by atoms with Crippen LogP contribution in [0.1, 0.15) is 23.9 Å². The highest BCUT2D eigenvalue weighted by molar-refractivity contribution is 7.19. The molecular formula is C21H25ClN6OS. The monoisotopic (exact) mass is 444 g/mol. The smallest absolute Gasteiger partial charge is 0.143 e. The van der Waals surface area contributed by atoms with Gasteiger partial charge in [-0.2, -0.15) is 0 Å². The largest absolute Gasteiger partial charge is 0.367 e. The summed E-state index contributed by atoms with van der Waals surface area (Å²) < 4.78 is 6.72. The number of pyridine rings is 1. The van der Waals surface area contributed by atoms with E-state index in [-0.39, 0.29) is 11.7 Å². The molecule has 7 nitrogen and oxygen atoms in total. The average molecular weight is 445 g/mol. The molecule has 0 amide bonds. The lowest BCUT2D eigenvalue weighted by molar-refractivity contribution is -0.0530. The van der Waals surface area contributed by atoms with Gasteiger partial charge in [0.25, 0.3) is 0 Å². The summed E-state index contributed by atoms with van der Waals surface area (Å²) in [5, 5.41) is 3.58. The van der Waals surface area contributed by atoms with E-state index >= 15 is 0 Å². The van der Waals surface area contributed by atoms with Crippen molar-refractivity contribution in [2.45, 2.75) is 30.6 Å². The standard InChI is InChI=1S/C21H25ClN6OS/c22-19-13-28(9-10-29-19)21(17-11-16-18(30-17)12-23-14-25-16)27-7-4-15(5-8-27)26-20-3-1-2-6-24-20/h1-3,6,11-12,14-15,19,21H,4-5,7-10,13H2,(H,24,26). The molecule has 0 aliphatic carbocycles. The van der Waals surface area contributed by atoms with Crippen molar-refractivity contribution < 1.29 is 4.74 Å². The van der Waals surface area contributed by atoms with E-state index in [9.17, 15) is 0 Å². The van der Waals surface area contributed by atoms with Gasteiger partial charge in [0.1, 0.15) is 17.7 Å². The fourth-order valence-corrected chi connectivity index (χ4v) is 5.74. The Balaban J connectivity index is 1.34. The van der Waals surface area contributed by atoms with Crippen LogP contribution in [0.2, 0.25) is 0 Å². The van der Waals surface area contributed by atoms with E-state index in [1.54, 1.807) is 17.7 Å². The van der Waals surface area contributed by atoms with E-state index in [0.717, 1.165) is 55.1 Å². The lowest BCUT2D eigenvalue weighted by Crippen LogP contribution is -2.51. The quantitative estimate of drug-likeness (QED) is 0.603. The van der Waals surface area contributed by atoms with Gasteiger partial charge in [-0.05, 0) is 31.0 Å². The van der Waals surface area contributed by atoms with Crippen LogP contribution in [0.15, 0.2) is 43.0 Å². The minimum atomic E-state index is -0.265. The average Bonchev–Trinajstić information content (AvgIpc) is 3.19. The van der Waals surface area contributed by atoms with Gasteiger partial charge < -0.3 is 10.1 Å². The molecule has 2 aliphatic heterocycles. The van der Waals surface area contributed by atoms with Crippen molar-refractivity contribution >= 4 is 39.0 Å². The first kappa shape index (κ1) is 20.1. The number of hydrogen-bond acceptors (Lipinski definition) is 8. The highest BCUT2D eigenvalue weighted by atomic mass is 35.5. The molecule has 0 radical (unpaired) electrons. The third kappa shape index (κ3) is 4.43. The molecule has 0 saturated carbocycles. The zero-order valence-corrected chi connectivity index (χ0v) is 18.2. The molecule has 5 rings (SSSR count). The Kier molecular flexibility index (Phi) is 6.10. The molecule has 3 aromatic rings. The van der Waals surface area contributed by atoms with Gasteiger partial charge in [0.2, 0.25) is 0 Å². The first-order chi connectivity index (χ1) is 14.8. The molecule has 0 spiro atoms. The topological polar surface area (TPSA) is 66.4 Å². The Bertz CT molecular complexity index is 931. The fourth-order valence-electron chi connectivity index (χ4n) is 4.32. The third-order valence-corrected chi connectivity index (χ3v) is 7.13. The second-order valence-electron chi connectivity index (χ2n) is 7.74. The van der Waals surface area contributed by atoms with E-state index in [2.05, 4.69) is 36.1 Å². The van der Waals surface area contributed by atoms with Crippen molar-refractivity contribution in [2.24, 2.45) is 0 Å².